The number of benzene rings is 1. The molecule has 3 N–H and O–H groups in total. The van der Waals surface area contributed by atoms with Crippen molar-refractivity contribution in [1.82, 2.24) is 31.1 Å². The minimum absolute atomic E-state index is 0.0404. The van der Waals surface area contributed by atoms with E-state index in [2.05, 4.69) is 16.2 Å². The van der Waals surface area contributed by atoms with Gasteiger partial charge in [-0.2, -0.15) is 0 Å². The van der Waals surface area contributed by atoms with Gasteiger partial charge in [0.25, 0.3) is 17.7 Å². The van der Waals surface area contributed by atoms with Crippen LogP contribution < -0.4 is 21.2 Å². The molecule has 0 saturated carbocycles. The van der Waals surface area contributed by atoms with Crippen molar-refractivity contribution < 1.29 is 28.7 Å². The average Bonchev–Trinajstić information content (AvgIpc) is 3.05. The van der Waals surface area contributed by atoms with Crippen LogP contribution in [-0.4, -0.2) is 89.4 Å². The molecule has 4 amide bonds. The van der Waals surface area contributed by atoms with Crippen molar-refractivity contribution in [3.05, 3.63) is 42.0 Å². The Labute approximate surface area is 275 Å². The summed E-state index contributed by atoms with van der Waals surface area (Å²) in [6.45, 7) is 7.98. The summed E-state index contributed by atoms with van der Waals surface area (Å²) in [6, 6.07) is 7.81. The quantitative estimate of drug-likeness (QED) is 0.417. The molecular weight excluding hydrogens is 602 g/mol. The van der Waals surface area contributed by atoms with Crippen molar-refractivity contribution in [2.45, 2.75) is 78.0 Å². The topological polar surface area (TPSA) is 153 Å². The van der Waals surface area contributed by atoms with Gasteiger partial charge in [0.2, 0.25) is 5.91 Å². The molecule has 2 aromatic rings. The van der Waals surface area contributed by atoms with Gasteiger partial charge in [-0.1, -0.05) is 24.3 Å². The Hall–Kier alpha value is -4.52. The number of amides is 4. The SMILES string of the molecule is CC(=O)N1CCC[C@@H](C[C@@H]2OC(=O)C(C)(C)/C=C/c3ccc4ccc(nc4c3)N(C)NC(=O)[C@@H]3CCCN(N3)C(=O)[C@H](C)NC2=O)C1. The van der Waals surface area contributed by atoms with Crippen LogP contribution in [0.5, 0.6) is 0 Å². The van der Waals surface area contributed by atoms with E-state index in [1.807, 2.05) is 36.4 Å². The number of ether oxygens (including phenoxy) is 1. The van der Waals surface area contributed by atoms with Gasteiger partial charge in [-0.3, -0.25) is 39.4 Å². The Morgan fingerprint density at radius 1 is 1.04 bits per heavy atom. The van der Waals surface area contributed by atoms with E-state index < -0.39 is 41.4 Å². The van der Waals surface area contributed by atoms with Gasteiger partial charge in [0.05, 0.1) is 10.9 Å². The minimum atomic E-state index is -1.18. The molecule has 4 atom stereocenters. The Bertz CT molecular complexity index is 1580. The second-order valence-corrected chi connectivity index (χ2v) is 13.4. The van der Waals surface area contributed by atoms with Gasteiger partial charge in [-0.25, -0.2) is 10.4 Å². The fraction of sp³-hybridized carbons (Fsp3) is 0.529. The second kappa shape index (κ2) is 14.1. The number of piperidine rings is 1. The summed E-state index contributed by atoms with van der Waals surface area (Å²) in [5, 5.41) is 6.55. The smallest absolute Gasteiger partial charge is 0.316 e. The lowest BCUT2D eigenvalue weighted by Gasteiger charge is -2.36. The zero-order chi connectivity index (χ0) is 33.9. The number of likely N-dealkylation sites (tertiary alicyclic amines) is 1. The Morgan fingerprint density at radius 2 is 1.79 bits per heavy atom. The number of rotatable bonds is 2. The largest absolute Gasteiger partial charge is 0.452 e. The van der Waals surface area contributed by atoms with Crippen molar-refractivity contribution in [1.29, 1.82) is 0 Å². The maximum absolute atomic E-state index is 13.7. The lowest BCUT2D eigenvalue weighted by Crippen LogP contribution is -2.62. The first-order valence-electron chi connectivity index (χ1n) is 16.3. The summed E-state index contributed by atoms with van der Waals surface area (Å²) in [4.78, 5) is 72.6. The van der Waals surface area contributed by atoms with Crippen LogP contribution in [0.15, 0.2) is 36.4 Å². The third kappa shape index (κ3) is 8.07. The Morgan fingerprint density at radius 3 is 2.55 bits per heavy atom. The van der Waals surface area contributed by atoms with Crippen LogP contribution in [0.1, 0.15) is 65.4 Å². The first kappa shape index (κ1) is 33.8. The summed E-state index contributed by atoms with van der Waals surface area (Å²) in [7, 11) is 1.70. The maximum atomic E-state index is 13.7. The molecule has 1 aromatic carbocycles. The molecule has 0 unspecified atom stereocenters. The highest BCUT2D eigenvalue weighted by Crippen LogP contribution is 2.27. The Balaban J connectivity index is 1.46. The van der Waals surface area contributed by atoms with E-state index in [1.165, 1.54) is 11.9 Å². The maximum Gasteiger partial charge on any atom is 0.316 e. The summed E-state index contributed by atoms with van der Waals surface area (Å²) >= 11 is 0. The number of esters is 1. The van der Waals surface area contributed by atoms with Gasteiger partial charge in [-0.05, 0) is 82.6 Å². The molecule has 13 nitrogen and oxygen atoms in total. The highest BCUT2D eigenvalue weighted by atomic mass is 16.5. The predicted molar refractivity (Wildman–Crippen MR) is 176 cm³/mol. The second-order valence-electron chi connectivity index (χ2n) is 13.4. The number of hydrazine groups is 2. The lowest BCUT2D eigenvalue weighted by molar-refractivity contribution is -0.164. The van der Waals surface area contributed by atoms with Crippen LogP contribution in [-0.2, 0) is 28.7 Å². The van der Waals surface area contributed by atoms with Crippen molar-refractivity contribution >= 4 is 52.4 Å². The van der Waals surface area contributed by atoms with Crippen LogP contribution in [0.2, 0.25) is 0 Å². The van der Waals surface area contributed by atoms with Gasteiger partial charge in [0.15, 0.2) is 6.10 Å². The number of hydrogen-bond acceptors (Lipinski definition) is 9. The standard InChI is InChI=1S/C34H45N7O6/c1-21-32(45)41-17-7-9-26(37-41)30(43)38-39(5)29-13-12-25-11-10-23(18-27(25)36-29)14-15-34(3,4)33(46)47-28(31(44)35-21)19-24-8-6-16-40(20-24)22(2)42/h10-15,18,21,24,26,28,37H,6-9,16-17,19-20H2,1-5H3,(H,35,44)(H,38,43)/b15-14+/t21-,24-,26-,28-/m0/s1. The van der Waals surface area contributed by atoms with Gasteiger partial charge < -0.3 is 15.0 Å². The number of cyclic esters (lactones) is 1. The summed E-state index contributed by atoms with van der Waals surface area (Å²) < 4.78 is 5.93. The number of pyridine rings is 1. The summed E-state index contributed by atoms with van der Waals surface area (Å²) in [5.41, 5.74) is 6.27. The van der Waals surface area contributed by atoms with Gasteiger partial charge in [-0.15, -0.1) is 0 Å². The molecule has 252 valence electrons. The third-order valence-electron chi connectivity index (χ3n) is 9.09. The molecule has 1 aromatic heterocycles. The van der Waals surface area contributed by atoms with Crippen molar-refractivity contribution in [2.24, 2.45) is 11.3 Å². The first-order chi connectivity index (χ1) is 22.3. The molecule has 0 radical (unpaired) electrons. The van der Waals surface area contributed by atoms with Crippen LogP contribution >= 0.6 is 0 Å². The number of carbonyl (C=O) groups is 5. The summed E-state index contributed by atoms with van der Waals surface area (Å²) in [5.74, 6) is -1.51. The van der Waals surface area contributed by atoms with Gasteiger partial charge in [0, 0.05) is 39.0 Å². The van der Waals surface area contributed by atoms with E-state index in [0.29, 0.717) is 43.8 Å². The molecule has 2 saturated heterocycles. The highest BCUT2D eigenvalue weighted by molar-refractivity contribution is 5.91. The fourth-order valence-electron chi connectivity index (χ4n) is 6.16. The molecule has 3 aliphatic heterocycles. The minimum Gasteiger partial charge on any atom is -0.452 e. The molecule has 5 bridgehead atoms. The van der Waals surface area contributed by atoms with Crippen molar-refractivity contribution in [3.63, 3.8) is 0 Å². The van der Waals surface area contributed by atoms with Crippen LogP contribution in [0.4, 0.5) is 5.82 Å². The zero-order valence-corrected chi connectivity index (χ0v) is 27.7. The number of nitrogens with one attached hydrogen (secondary N) is 3. The van der Waals surface area contributed by atoms with E-state index in [0.717, 1.165) is 23.8 Å². The number of aromatic nitrogens is 1. The number of nitrogens with zero attached hydrogens (tertiary/aromatic N) is 4. The molecule has 0 aliphatic carbocycles. The third-order valence-corrected chi connectivity index (χ3v) is 9.09. The van der Waals surface area contributed by atoms with E-state index in [1.54, 1.807) is 43.8 Å². The van der Waals surface area contributed by atoms with Crippen LogP contribution in [0.3, 0.4) is 0 Å². The van der Waals surface area contributed by atoms with Crippen LogP contribution in [0.25, 0.3) is 17.0 Å². The number of fused-ring (bicyclic) bond motifs is 4. The van der Waals surface area contributed by atoms with E-state index >= 15 is 0 Å². The fourth-order valence-corrected chi connectivity index (χ4v) is 6.16. The molecule has 0 spiro atoms. The first-order valence-corrected chi connectivity index (χ1v) is 16.3. The molecule has 3 aliphatic rings. The number of hydrogen-bond donors (Lipinski definition) is 3. The molecule has 2 fully saturated rings. The van der Waals surface area contributed by atoms with E-state index in [4.69, 9.17) is 9.72 Å². The summed E-state index contributed by atoms with van der Waals surface area (Å²) in [6.07, 6.45) is 5.21. The predicted octanol–water partition coefficient (Wildman–Crippen LogP) is 2.32. The number of carbonyl (C=O) groups excluding carboxylic acids is 5. The molecule has 5 rings (SSSR count). The lowest BCUT2D eigenvalue weighted by atomic mass is 9.90. The Kier molecular flexibility index (Phi) is 10.1. The molecular formula is C34H45N7O6. The molecule has 47 heavy (non-hydrogen) atoms. The van der Waals surface area contributed by atoms with E-state index in [9.17, 15) is 24.0 Å². The average molecular weight is 648 g/mol. The van der Waals surface area contributed by atoms with Gasteiger partial charge >= 0.3 is 5.97 Å². The van der Waals surface area contributed by atoms with Crippen LogP contribution in [0, 0.1) is 11.3 Å². The number of anilines is 1. The normalized spacial score (nSPS) is 26.8. The van der Waals surface area contributed by atoms with Gasteiger partial charge in [0.1, 0.15) is 17.9 Å². The van der Waals surface area contributed by atoms with E-state index in [-0.39, 0.29) is 24.2 Å². The molecule has 4 heterocycles. The monoisotopic (exact) mass is 647 g/mol. The van der Waals surface area contributed by atoms with Crippen molar-refractivity contribution in [2.75, 3.05) is 31.7 Å². The molecule has 13 heteroatoms. The zero-order valence-electron chi connectivity index (χ0n) is 27.7. The highest BCUT2D eigenvalue weighted by Gasteiger charge is 2.37. The van der Waals surface area contributed by atoms with Crippen molar-refractivity contribution in [3.8, 4) is 0 Å².